The van der Waals surface area contributed by atoms with E-state index in [1.54, 1.807) is 0 Å². The summed E-state index contributed by atoms with van der Waals surface area (Å²) in [5.74, 6) is 0.551. The van der Waals surface area contributed by atoms with Gasteiger partial charge in [-0.05, 0) is 42.9 Å². The van der Waals surface area contributed by atoms with Gasteiger partial charge in [0.15, 0.2) is 0 Å². The van der Waals surface area contributed by atoms with Crippen LogP contribution >= 0.6 is 0 Å². The summed E-state index contributed by atoms with van der Waals surface area (Å²) in [4.78, 5) is 12.0. The summed E-state index contributed by atoms with van der Waals surface area (Å²) >= 11 is 0. The van der Waals surface area contributed by atoms with Gasteiger partial charge in [-0.2, -0.15) is 0 Å². The summed E-state index contributed by atoms with van der Waals surface area (Å²) in [6.45, 7) is 6.28. The lowest BCUT2D eigenvalue weighted by atomic mass is 9.97. The number of hydrogen-bond donors (Lipinski definition) is 1. The maximum atomic E-state index is 12.0. The van der Waals surface area contributed by atoms with Crippen molar-refractivity contribution in [3.63, 3.8) is 0 Å². The van der Waals surface area contributed by atoms with Crippen LogP contribution in [0, 0.1) is 6.92 Å². The first-order chi connectivity index (χ1) is 7.58. The molecule has 1 amide bonds. The second kappa shape index (κ2) is 4.28. The topological polar surface area (TPSA) is 29.1 Å². The zero-order chi connectivity index (χ0) is 11.7. The minimum atomic E-state index is 0.0856. The van der Waals surface area contributed by atoms with Crippen molar-refractivity contribution in [3.8, 4) is 0 Å². The minimum Gasteiger partial charge on any atom is -0.349 e. The Morgan fingerprint density at radius 3 is 2.62 bits per heavy atom. The van der Waals surface area contributed by atoms with Crippen molar-refractivity contribution in [2.24, 2.45) is 0 Å². The molecule has 0 bridgehead atoms. The van der Waals surface area contributed by atoms with Crippen molar-refractivity contribution in [3.05, 3.63) is 34.9 Å². The zero-order valence-corrected chi connectivity index (χ0v) is 10.2. The van der Waals surface area contributed by atoms with Crippen molar-refractivity contribution < 1.29 is 4.79 Å². The van der Waals surface area contributed by atoms with Crippen LogP contribution in [0.4, 0.5) is 0 Å². The number of aryl methyl sites for hydroxylation is 1. The molecule has 2 nitrogen and oxygen atoms in total. The molecule has 0 radical (unpaired) electrons. The summed E-state index contributed by atoms with van der Waals surface area (Å²) in [5, 5.41) is 3.04. The molecule has 1 N–H and O–H groups in total. The molecule has 0 aliphatic heterocycles. The van der Waals surface area contributed by atoms with Gasteiger partial charge in [0.05, 0.1) is 0 Å². The molecule has 0 aromatic heterocycles. The summed E-state index contributed by atoms with van der Waals surface area (Å²) in [6, 6.07) is 6.59. The molecule has 0 spiro atoms. The van der Waals surface area contributed by atoms with E-state index in [0.29, 0.717) is 12.0 Å². The van der Waals surface area contributed by atoms with Crippen LogP contribution in [0.3, 0.4) is 0 Å². The molecule has 1 saturated carbocycles. The van der Waals surface area contributed by atoms with Crippen LogP contribution in [0.2, 0.25) is 0 Å². The lowest BCUT2D eigenvalue weighted by molar-refractivity contribution is 0.0950. The van der Waals surface area contributed by atoms with E-state index in [9.17, 15) is 4.79 Å². The van der Waals surface area contributed by atoms with Crippen molar-refractivity contribution in [1.29, 1.82) is 0 Å². The van der Waals surface area contributed by atoms with E-state index < -0.39 is 0 Å². The largest absolute Gasteiger partial charge is 0.349 e. The van der Waals surface area contributed by atoms with Crippen molar-refractivity contribution in [2.45, 2.75) is 45.6 Å². The highest BCUT2D eigenvalue weighted by Gasteiger charge is 2.24. The van der Waals surface area contributed by atoms with Gasteiger partial charge in [0, 0.05) is 11.6 Å². The van der Waals surface area contributed by atoms with Crippen molar-refractivity contribution in [1.82, 2.24) is 5.32 Å². The van der Waals surface area contributed by atoms with Gasteiger partial charge in [-0.15, -0.1) is 0 Å². The molecule has 0 heterocycles. The average Bonchev–Trinajstić information content (AvgIpc) is 3.01. The summed E-state index contributed by atoms with van der Waals surface area (Å²) in [6.07, 6.45) is 2.27. The minimum absolute atomic E-state index is 0.0856. The fraction of sp³-hybridized carbons (Fsp3) is 0.500. The number of carbonyl (C=O) groups excluding carboxylic acids is 1. The van der Waals surface area contributed by atoms with E-state index in [-0.39, 0.29) is 5.91 Å². The second-order valence-corrected chi connectivity index (χ2v) is 4.98. The smallest absolute Gasteiger partial charge is 0.251 e. The zero-order valence-electron chi connectivity index (χ0n) is 10.2. The van der Waals surface area contributed by atoms with Gasteiger partial charge >= 0.3 is 0 Å². The van der Waals surface area contributed by atoms with Gasteiger partial charge in [0.1, 0.15) is 0 Å². The number of benzene rings is 1. The molecule has 1 aliphatic rings. The number of amides is 1. The SMILES string of the molecule is Cc1ccc(C(C)C)cc1C(=O)NC1CC1. The molecule has 2 rings (SSSR count). The molecular formula is C14H19NO. The highest BCUT2D eigenvalue weighted by Crippen LogP contribution is 2.22. The van der Waals surface area contributed by atoms with Gasteiger partial charge in [-0.3, -0.25) is 4.79 Å². The first-order valence-corrected chi connectivity index (χ1v) is 5.99. The van der Waals surface area contributed by atoms with E-state index in [0.717, 1.165) is 24.0 Å². The highest BCUT2D eigenvalue weighted by atomic mass is 16.1. The van der Waals surface area contributed by atoms with E-state index >= 15 is 0 Å². The normalized spacial score (nSPS) is 15.2. The van der Waals surface area contributed by atoms with Crippen LogP contribution in [-0.4, -0.2) is 11.9 Å². The fourth-order valence-electron chi connectivity index (χ4n) is 1.73. The summed E-state index contributed by atoms with van der Waals surface area (Å²) < 4.78 is 0. The van der Waals surface area contributed by atoms with Crippen molar-refractivity contribution >= 4 is 5.91 Å². The predicted octanol–water partition coefficient (Wildman–Crippen LogP) is 3.01. The van der Waals surface area contributed by atoms with E-state index in [1.165, 1.54) is 5.56 Å². The molecule has 16 heavy (non-hydrogen) atoms. The van der Waals surface area contributed by atoms with Crippen LogP contribution < -0.4 is 5.32 Å². The maximum Gasteiger partial charge on any atom is 0.251 e. The molecule has 2 heteroatoms. The molecule has 86 valence electrons. The molecule has 0 saturated heterocycles. The summed E-state index contributed by atoms with van der Waals surface area (Å²) in [7, 11) is 0. The lowest BCUT2D eigenvalue weighted by Crippen LogP contribution is -2.26. The Kier molecular flexibility index (Phi) is 2.99. The molecule has 1 aromatic rings. The Bertz CT molecular complexity index is 405. The van der Waals surface area contributed by atoms with Crippen LogP contribution in [0.25, 0.3) is 0 Å². The van der Waals surface area contributed by atoms with Crippen LogP contribution in [0.1, 0.15) is 54.1 Å². The van der Waals surface area contributed by atoms with E-state index in [1.807, 2.05) is 19.1 Å². The van der Waals surface area contributed by atoms with E-state index in [4.69, 9.17) is 0 Å². The second-order valence-electron chi connectivity index (χ2n) is 4.98. The van der Waals surface area contributed by atoms with Gasteiger partial charge in [0.25, 0.3) is 5.91 Å². The number of nitrogens with one attached hydrogen (secondary N) is 1. The third-order valence-corrected chi connectivity index (χ3v) is 3.09. The number of rotatable bonds is 3. The number of carbonyl (C=O) groups is 1. The maximum absolute atomic E-state index is 12.0. The van der Waals surface area contributed by atoms with Crippen LogP contribution in [0.5, 0.6) is 0 Å². The Hall–Kier alpha value is -1.31. The molecule has 0 atom stereocenters. The van der Waals surface area contributed by atoms with Gasteiger partial charge in [-0.25, -0.2) is 0 Å². The molecule has 1 fully saturated rings. The van der Waals surface area contributed by atoms with Gasteiger partial charge in [-0.1, -0.05) is 26.0 Å². The van der Waals surface area contributed by atoms with Gasteiger partial charge in [0.2, 0.25) is 0 Å². The molecule has 1 aromatic carbocycles. The first-order valence-electron chi connectivity index (χ1n) is 5.99. The Morgan fingerprint density at radius 2 is 2.06 bits per heavy atom. The van der Waals surface area contributed by atoms with Crippen LogP contribution in [0.15, 0.2) is 18.2 Å². The van der Waals surface area contributed by atoms with Gasteiger partial charge < -0.3 is 5.32 Å². The van der Waals surface area contributed by atoms with Crippen LogP contribution in [-0.2, 0) is 0 Å². The Labute approximate surface area is 97.1 Å². The fourth-order valence-corrected chi connectivity index (χ4v) is 1.73. The monoisotopic (exact) mass is 217 g/mol. The predicted molar refractivity (Wildman–Crippen MR) is 65.8 cm³/mol. The standard InChI is InChI=1S/C14H19NO/c1-9(2)11-5-4-10(3)13(8-11)14(16)15-12-6-7-12/h4-5,8-9,12H,6-7H2,1-3H3,(H,15,16). The number of hydrogen-bond acceptors (Lipinski definition) is 1. The molecule has 0 unspecified atom stereocenters. The highest BCUT2D eigenvalue weighted by molar-refractivity contribution is 5.96. The first kappa shape index (κ1) is 11.2. The van der Waals surface area contributed by atoms with E-state index in [2.05, 4.69) is 25.2 Å². The Morgan fingerprint density at radius 1 is 1.38 bits per heavy atom. The Balaban J connectivity index is 2.23. The van der Waals surface area contributed by atoms with Crippen molar-refractivity contribution in [2.75, 3.05) is 0 Å². The third-order valence-electron chi connectivity index (χ3n) is 3.09. The third kappa shape index (κ3) is 2.43. The molecule has 1 aliphatic carbocycles. The molecular weight excluding hydrogens is 198 g/mol. The lowest BCUT2D eigenvalue weighted by Gasteiger charge is -2.11. The summed E-state index contributed by atoms with van der Waals surface area (Å²) in [5.41, 5.74) is 3.12. The average molecular weight is 217 g/mol. The quantitative estimate of drug-likeness (QED) is 0.828.